The van der Waals surface area contributed by atoms with E-state index in [4.69, 9.17) is 4.74 Å². The van der Waals surface area contributed by atoms with Crippen LogP contribution in [0.2, 0.25) is 0 Å². The summed E-state index contributed by atoms with van der Waals surface area (Å²) in [4.78, 5) is 0. The summed E-state index contributed by atoms with van der Waals surface area (Å²) in [5.74, 6) is 1.78. The fourth-order valence-electron chi connectivity index (χ4n) is 4.33. The van der Waals surface area contributed by atoms with Gasteiger partial charge in [-0.05, 0) is 25.8 Å². The third kappa shape index (κ3) is 9.72. The van der Waals surface area contributed by atoms with Crippen LogP contribution in [0.15, 0.2) is 24.4 Å². The molecule has 1 rings (SSSR count). The number of nitrogens with one attached hydrogen (secondary N) is 1. The van der Waals surface area contributed by atoms with E-state index in [1.807, 2.05) is 6.20 Å². The molecule has 1 aliphatic rings. The smallest absolute Gasteiger partial charge is 0.189 e. The maximum Gasteiger partial charge on any atom is 0.189 e. The van der Waals surface area contributed by atoms with Crippen LogP contribution in [0.25, 0.3) is 0 Å². The van der Waals surface area contributed by atoms with E-state index < -0.39 is 0 Å². The van der Waals surface area contributed by atoms with Gasteiger partial charge in [-0.25, -0.2) is 0 Å². The fourth-order valence-corrected chi connectivity index (χ4v) is 4.33. The van der Waals surface area contributed by atoms with Gasteiger partial charge in [-0.15, -0.1) is 0 Å². The number of hydrogen-bond donors (Lipinski definition) is 1. The van der Waals surface area contributed by atoms with Crippen molar-refractivity contribution in [3.8, 4) is 0 Å². The largest absolute Gasteiger partial charge is 0.444 e. The van der Waals surface area contributed by atoms with Gasteiger partial charge >= 0.3 is 0 Å². The van der Waals surface area contributed by atoms with E-state index in [9.17, 15) is 0 Å². The molecule has 0 spiro atoms. The highest BCUT2D eigenvalue weighted by atomic mass is 16.5. The van der Waals surface area contributed by atoms with E-state index in [2.05, 4.69) is 32.7 Å². The average Bonchev–Trinajstić information content (AvgIpc) is 3.12. The first-order valence-corrected chi connectivity index (χ1v) is 12.0. The minimum atomic E-state index is 0.198. The third-order valence-corrected chi connectivity index (χ3v) is 6.48. The Hall–Kier alpha value is -0.920. The number of hydrogen-bond acceptors (Lipinski definition) is 2. The first-order chi connectivity index (χ1) is 13.2. The molecular formula is C25H47NO. The maximum absolute atomic E-state index is 5.83. The van der Waals surface area contributed by atoms with Crippen molar-refractivity contribution in [3.05, 3.63) is 24.4 Å². The zero-order valence-electron chi connectivity index (χ0n) is 18.7. The topological polar surface area (TPSA) is 21.3 Å². The van der Waals surface area contributed by atoms with Crippen LogP contribution in [0.3, 0.4) is 0 Å². The van der Waals surface area contributed by atoms with Gasteiger partial charge in [0.15, 0.2) is 5.88 Å². The standard InChI is InChI=1S/C25H47NO/c1-5-8-9-10-11-12-13-14-15-16-17-18-19-20-21-25(6-2,7-3)24-22-26-23(4)27-24/h22,26H,4-21H2,1-3H3. The molecule has 0 aromatic rings. The molecule has 0 aliphatic carbocycles. The van der Waals surface area contributed by atoms with Crippen LogP contribution in [0, 0.1) is 5.41 Å². The Labute approximate surface area is 170 Å². The molecule has 27 heavy (non-hydrogen) atoms. The molecule has 2 nitrogen and oxygen atoms in total. The van der Waals surface area contributed by atoms with Gasteiger partial charge in [0.25, 0.3) is 0 Å². The minimum Gasteiger partial charge on any atom is -0.444 e. The van der Waals surface area contributed by atoms with Crippen molar-refractivity contribution in [2.24, 2.45) is 5.41 Å². The third-order valence-electron chi connectivity index (χ3n) is 6.48. The Bertz CT molecular complexity index is 409. The predicted molar refractivity (Wildman–Crippen MR) is 119 cm³/mol. The molecule has 0 bridgehead atoms. The van der Waals surface area contributed by atoms with Crippen LogP contribution >= 0.6 is 0 Å². The van der Waals surface area contributed by atoms with Gasteiger partial charge in [0.05, 0.1) is 0 Å². The molecule has 0 aromatic carbocycles. The average molecular weight is 378 g/mol. The quantitative estimate of drug-likeness (QED) is 0.241. The Morgan fingerprint density at radius 1 is 0.741 bits per heavy atom. The van der Waals surface area contributed by atoms with E-state index in [0.29, 0.717) is 5.88 Å². The van der Waals surface area contributed by atoms with Crippen LogP contribution in [-0.2, 0) is 4.74 Å². The van der Waals surface area contributed by atoms with Crippen molar-refractivity contribution in [3.63, 3.8) is 0 Å². The van der Waals surface area contributed by atoms with Crippen molar-refractivity contribution >= 4 is 0 Å². The summed E-state index contributed by atoms with van der Waals surface area (Å²) in [6.45, 7) is 10.7. The molecule has 0 atom stereocenters. The maximum atomic E-state index is 5.83. The Morgan fingerprint density at radius 2 is 1.19 bits per heavy atom. The zero-order chi connectivity index (χ0) is 19.8. The Morgan fingerprint density at radius 3 is 1.56 bits per heavy atom. The second-order valence-electron chi connectivity index (χ2n) is 8.51. The first kappa shape index (κ1) is 24.1. The normalized spacial score (nSPS) is 14.2. The zero-order valence-corrected chi connectivity index (χ0v) is 18.7. The van der Waals surface area contributed by atoms with Gasteiger partial charge in [0, 0.05) is 11.6 Å². The Kier molecular flexibility index (Phi) is 13.4. The van der Waals surface area contributed by atoms with Crippen molar-refractivity contribution < 1.29 is 4.74 Å². The lowest BCUT2D eigenvalue weighted by Gasteiger charge is -2.31. The SMILES string of the molecule is C=C1NC=C(C(CC)(CC)CCCCCCCCCCCCCCCC)O1. The van der Waals surface area contributed by atoms with Crippen LogP contribution in [0.4, 0.5) is 0 Å². The summed E-state index contributed by atoms with van der Waals surface area (Å²) in [6, 6.07) is 0. The summed E-state index contributed by atoms with van der Waals surface area (Å²) >= 11 is 0. The molecular weight excluding hydrogens is 330 g/mol. The summed E-state index contributed by atoms with van der Waals surface area (Å²) in [5.41, 5.74) is 0.198. The molecule has 0 aromatic heterocycles. The minimum absolute atomic E-state index is 0.198. The van der Waals surface area contributed by atoms with E-state index in [-0.39, 0.29) is 5.41 Å². The number of rotatable bonds is 18. The van der Waals surface area contributed by atoms with Crippen LogP contribution in [-0.4, -0.2) is 0 Å². The van der Waals surface area contributed by atoms with Crippen LogP contribution in [0.1, 0.15) is 130 Å². The van der Waals surface area contributed by atoms with Gasteiger partial charge in [0.2, 0.25) is 0 Å². The van der Waals surface area contributed by atoms with Gasteiger partial charge in [-0.1, -0.05) is 111 Å². The molecule has 1 N–H and O–H groups in total. The van der Waals surface area contributed by atoms with E-state index >= 15 is 0 Å². The van der Waals surface area contributed by atoms with Crippen molar-refractivity contribution in [2.75, 3.05) is 0 Å². The lowest BCUT2D eigenvalue weighted by atomic mass is 9.76. The molecule has 0 fully saturated rings. The lowest BCUT2D eigenvalue weighted by molar-refractivity contribution is 0.161. The van der Waals surface area contributed by atoms with Gasteiger partial charge in [-0.3, -0.25) is 0 Å². The van der Waals surface area contributed by atoms with Gasteiger partial charge in [-0.2, -0.15) is 0 Å². The summed E-state index contributed by atoms with van der Waals surface area (Å²) in [5, 5.41) is 3.12. The van der Waals surface area contributed by atoms with Crippen molar-refractivity contribution in [1.29, 1.82) is 0 Å². The number of allylic oxidation sites excluding steroid dienone is 1. The molecule has 0 amide bonds. The van der Waals surface area contributed by atoms with E-state index in [1.165, 1.54) is 96.3 Å². The predicted octanol–water partition coefficient (Wildman–Crippen LogP) is 8.60. The second-order valence-corrected chi connectivity index (χ2v) is 8.51. The van der Waals surface area contributed by atoms with Crippen LogP contribution in [0.5, 0.6) is 0 Å². The summed E-state index contributed by atoms with van der Waals surface area (Å²) in [6.07, 6.45) is 25.4. The molecule has 158 valence electrons. The molecule has 0 unspecified atom stereocenters. The molecule has 2 heteroatoms. The monoisotopic (exact) mass is 377 g/mol. The van der Waals surface area contributed by atoms with Crippen LogP contribution < -0.4 is 5.32 Å². The van der Waals surface area contributed by atoms with Crippen molar-refractivity contribution in [2.45, 2.75) is 130 Å². The highest BCUT2D eigenvalue weighted by molar-refractivity contribution is 5.16. The lowest BCUT2D eigenvalue weighted by Crippen LogP contribution is -2.22. The summed E-state index contributed by atoms with van der Waals surface area (Å²) < 4.78 is 5.83. The highest BCUT2D eigenvalue weighted by Gasteiger charge is 2.34. The van der Waals surface area contributed by atoms with Gasteiger partial charge < -0.3 is 10.1 Å². The molecule has 0 saturated heterocycles. The fraction of sp³-hybridized carbons (Fsp3) is 0.840. The Balaban J connectivity index is 1.99. The van der Waals surface area contributed by atoms with E-state index in [1.54, 1.807) is 0 Å². The van der Waals surface area contributed by atoms with E-state index in [0.717, 1.165) is 18.6 Å². The molecule has 0 radical (unpaired) electrons. The molecule has 1 heterocycles. The summed E-state index contributed by atoms with van der Waals surface area (Å²) in [7, 11) is 0. The number of unbranched alkanes of at least 4 members (excludes halogenated alkanes) is 13. The number of ether oxygens (including phenoxy) is 1. The highest BCUT2D eigenvalue weighted by Crippen LogP contribution is 2.42. The molecule has 0 saturated carbocycles. The molecule has 1 aliphatic heterocycles. The van der Waals surface area contributed by atoms with Gasteiger partial charge in [0.1, 0.15) is 5.76 Å². The first-order valence-electron chi connectivity index (χ1n) is 12.0. The van der Waals surface area contributed by atoms with Crippen molar-refractivity contribution in [1.82, 2.24) is 5.32 Å². The second kappa shape index (κ2) is 15.1.